The Kier molecular flexibility index (Phi) is 4.65. The van der Waals surface area contributed by atoms with Crippen molar-refractivity contribution in [1.29, 1.82) is 0 Å². The van der Waals surface area contributed by atoms with Crippen LogP contribution < -0.4 is 9.47 Å². The highest BCUT2D eigenvalue weighted by molar-refractivity contribution is 7.89. The summed E-state index contributed by atoms with van der Waals surface area (Å²) >= 11 is 18.1. The van der Waals surface area contributed by atoms with Crippen molar-refractivity contribution in [2.75, 3.05) is 6.79 Å². The lowest BCUT2D eigenvalue weighted by atomic mass is 10.2. The highest BCUT2D eigenvalue weighted by Crippen LogP contribution is 2.40. The van der Waals surface area contributed by atoms with Crippen LogP contribution in [0.2, 0.25) is 15.1 Å². The molecule has 1 aliphatic rings. The molecule has 0 atom stereocenters. The summed E-state index contributed by atoms with van der Waals surface area (Å²) in [5.74, 6) is 0.420. The van der Waals surface area contributed by atoms with Gasteiger partial charge in [-0.15, -0.1) is 0 Å². The quantitative estimate of drug-likeness (QED) is 0.768. The summed E-state index contributed by atoms with van der Waals surface area (Å²) in [4.78, 5) is 0. The van der Waals surface area contributed by atoms with Crippen LogP contribution in [-0.4, -0.2) is 15.2 Å². The lowest BCUT2D eigenvalue weighted by Gasteiger charge is -2.09. The van der Waals surface area contributed by atoms with Crippen LogP contribution >= 0.6 is 34.8 Å². The predicted octanol–water partition coefficient (Wildman–Crippen LogP) is 4.49. The van der Waals surface area contributed by atoms with Crippen LogP contribution in [0.15, 0.2) is 30.3 Å². The van der Waals surface area contributed by atoms with Crippen LogP contribution in [0.5, 0.6) is 11.5 Å². The van der Waals surface area contributed by atoms with Gasteiger partial charge >= 0.3 is 0 Å². The Labute approximate surface area is 148 Å². The van der Waals surface area contributed by atoms with Crippen molar-refractivity contribution in [3.8, 4) is 11.5 Å². The molecule has 1 heterocycles. The average molecular weight is 394 g/mol. The van der Waals surface area contributed by atoms with Crippen molar-refractivity contribution in [2.24, 2.45) is 0 Å². The molecule has 0 radical (unpaired) electrons. The maximum absolute atomic E-state index is 12.5. The first-order chi connectivity index (χ1) is 10.9. The second-order valence-corrected chi connectivity index (χ2v) is 8.33. The normalized spacial score (nSPS) is 13.3. The molecular weight excluding hydrogens is 383 g/mol. The first kappa shape index (κ1) is 16.7. The summed E-state index contributed by atoms with van der Waals surface area (Å²) in [6.07, 6.45) is 0. The third-order valence-corrected chi connectivity index (χ3v) is 5.79. The van der Waals surface area contributed by atoms with Crippen LogP contribution in [0.25, 0.3) is 0 Å². The largest absolute Gasteiger partial charge is 0.454 e. The van der Waals surface area contributed by atoms with Gasteiger partial charge in [0, 0.05) is 15.6 Å². The minimum Gasteiger partial charge on any atom is -0.454 e. The molecular formula is C15H11Cl3O4S. The van der Waals surface area contributed by atoms with Gasteiger partial charge in [0.25, 0.3) is 0 Å². The second kappa shape index (κ2) is 6.40. The maximum Gasteiger partial charge on any atom is 0.231 e. The molecule has 0 bridgehead atoms. The van der Waals surface area contributed by atoms with Gasteiger partial charge in [-0.25, -0.2) is 8.42 Å². The molecule has 0 aliphatic carbocycles. The summed E-state index contributed by atoms with van der Waals surface area (Å²) in [5.41, 5.74) is 0.907. The summed E-state index contributed by atoms with van der Waals surface area (Å²) in [5, 5.41) is 0.968. The highest BCUT2D eigenvalue weighted by atomic mass is 35.5. The first-order valence-electron chi connectivity index (χ1n) is 6.57. The van der Waals surface area contributed by atoms with Gasteiger partial charge in [-0.05, 0) is 29.8 Å². The molecule has 3 rings (SSSR count). The Bertz CT molecular complexity index is 845. The topological polar surface area (TPSA) is 52.6 Å². The van der Waals surface area contributed by atoms with Crippen molar-refractivity contribution in [3.05, 3.63) is 56.5 Å². The minimum atomic E-state index is -3.49. The molecule has 4 nitrogen and oxygen atoms in total. The Morgan fingerprint density at radius 2 is 1.65 bits per heavy atom. The summed E-state index contributed by atoms with van der Waals surface area (Å²) in [7, 11) is -3.49. The molecule has 0 unspecified atom stereocenters. The van der Waals surface area contributed by atoms with Gasteiger partial charge in [-0.1, -0.05) is 40.9 Å². The van der Waals surface area contributed by atoms with Gasteiger partial charge < -0.3 is 9.47 Å². The van der Waals surface area contributed by atoms with E-state index in [1.165, 1.54) is 0 Å². The number of halogens is 3. The smallest absolute Gasteiger partial charge is 0.231 e. The lowest BCUT2D eigenvalue weighted by molar-refractivity contribution is 0.174. The monoisotopic (exact) mass is 392 g/mol. The Balaban J connectivity index is 1.86. The van der Waals surface area contributed by atoms with Crippen LogP contribution in [-0.2, 0) is 21.3 Å². The van der Waals surface area contributed by atoms with E-state index < -0.39 is 9.84 Å². The third-order valence-electron chi connectivity index (χ3n) is 3.30. The molecule has 0 spiro atoms. The highest BCUT2D eigenvalue weighted by Gasteiger charge is 2.22. The zero-order valence-electron chi connectivity index (χ0n) is 11.7. The predicted molar refractivity (Wildman–Crippen MR) is 90.4 cm³/mol. The number of sulfone groups is 1. The molecule has 1 aliphatic heterocycles. The zero-order chi connectivity index (χ0) is 16.6. The van der Waals surface area contributed by atoms with E-state index in [1.807, 2.05) is 0 Å². The molecule has 0 fully saturated rings. The number of fused-ring (bicyclic) bond motifs is 1. The van der Waals surface area contributed by atoms with E-state index in [-0.39, 0.29) is 18.3 Å². The van der Waals surface area contributed by atoms with E-state index in [9.17, 15) is 8.42 Å². The summed E-state index contributed by atoms with van der Waals surface area (Å²) in [6.45, 7) is 0.0699. The van der Waals surface area contributed by atoms with Gasteiger partial charge in [-0.3, -0.25) is 0 Å². The number of ether oxygens (including phenoxy) is 2. The summed E-state index contributed by atoms with van der Waals surface area (Å²) in [6, 6.07) is 8.05. The molecule has 2 aromatic carbocycles. The molecule has 8 heteroatoms. The Hall–Kier alpha value is -1.14. The van der Waals surface area contributed by atoms with Gasteiger partial charge in [-0.2, -0.15) is 0 Å². The van der Waals surface area contributed by atoms with E-state index >= 15 is 0 Å². The SMILES string of the molecule is O=S(=O)(Cc1cc(Cl)c2c(c1)OCO2)Cc1c(Cl)cccc1Cl. The fourth-order valence-corrected chi connectivity index (χ4v) is 4.80. The Morgan fingerprint density at radius 3 is 2.35 bits per heavy atom. The third kappa shape index (κ3) is 3.69. The molecule has 0 saturated carbocycles. The van der Waals surface area contributed by atoms with Gasteiger partial charge in [0.05, 0.1) is 16.5 Å². The van der Waals surface area contributed by atoms with Crippen molar-refractivity contribution in [3.63, 3.8) is 0 Å². The van der Waals surface area contributed by atoms with E-state index in [0.29, 0.717) is 37.7 Å². The molecule has 0 N–H and O–H groups in total. The Morgan fingerprint density at radius 1 is 0.957 bits per heavy atom. The molecule has 0 saturated heterocycles. The van der Waals surface area contributed by atoms with Crippen molar-refractivity contribution < 1.29 is 17.9 Å². The van der Waals surface area contributed by atoms with E-state index in [1.54, 1.807) is 30.3 Å². The van der Waals surface area contributed by atoms with E-state index in [2.05, 4.69) is 0 Å². The first-order valence-corrected chi connectivity index (χ1v) is 9.52. The number of benzene rings is 2. The molecule has 0 aromatic heterocycles. The summed E-state index contributed by atoms with van der Waals surface area (Å²) < 4.78 is 35.4. The zero-order valence-corrected chi connectivity index (χ0v) is 14.8. The van der Waals surface area contributed by atoms with E-state index in [4.69, 9.17) is 44.3 Å². The molecule has 0 amide bonds. The van der Waals surface area contributed by atoms with Crippen LogP contribution in [0.3, 0.4) is 0 Å². The minimum absolute atomic E-state index is 0.0699. The van der Waals surface area contributed by atoms with Crippen LogP contribution in [0, 0.1) is 0 Å². The average Bonchev–Trinajstić information content (AvgIpc) is 2.91. The number of hydrogen-bond acceptors (Lipinski definition) is 4. The lowest BCUT2D eigenvalue weighted by Crippen LogP contribution is -2.08. The standard InChI is InChI=1S/C15H11Cl3O4S/c16-11-2-1-3-12(17)10(11)7-23(19,20)6-9-4-13(18)15-14(5-9)21-8-22-15/h1-5H,6-8H2. The van der Waals surface area contributed by atoms with Gasteiger partial charge in [0.15, 0.2) is 21.3 Å². The van der Waals surface area contributed by atoms with Crippen molar-refractivity contribution in [2.45, 2.75) is 11.5 Å². The van der Waals surface area contributed by atoms with Gasteiger partial charge in [0.1, 0.15) is 0 Å². The van der Waals surface area contributed by atoms with Crippen LogP contribution in [0.1, 0.15) is 11.1 Å². The van der Waals surface area contributed by atoms with Crippen molar-refractivity contribution in [1.82, 2.24) is 0 Å². The van der Waals surface area contributed by atoms with E-state index in [0.717, 1.165) is 0 Å². The fourth-order valence-electron chi connectivity index (χ4n) is 2.30. The number of rotatable bonds is 4. The maximum atomic E-state index is 12.5. The second-order valence-electron chi connectivity index (χ2n) is 5.04. The van der Waals surface area contributed by atoms with Crippen LogP contribution in [0.4, 0.5) is 0 Å². The molecule has 122 valence electrons. The van der Waals surface area contributed by atoms with Crippen molar-refractivity contribution >= 4 is 44.6 Å². The fraction of sp³-hybridized carbons (Fsp3) is 0.200. The number of hydrogen-bond donors (Lipinski definition) is 0. The van der Waals surface area contributed by atoms with Gasteiger partial charge in [0.2, 0.25) is 6.79 Å². The molecule has 2 aromatic rings. The molecule has 23 heavy (non-hydrogen) atoms.